The molecule has 0 saturated heterocycles. The van der Waals surface area contributed by atoms with Crippen molar-refractivity contribution < 1.29 is 0 Å². The monoisotopic (exact) mass is 215 g/mol. The maximum atomic E-state index is 8.73. The zero-order chi connectivity index (χ0) is 10.7. The second-order valence-corrected chi connectivity index (χ2v) is 4.04. The van der Waals surface area contributed by atoms with Crippen molar-refractivity contribution in [2.75, 3.05) is 12.4 Å². The minimum atomic E-state index is 0.710. The number of pyridine rings is 1. The number of anilines is 1. The van der Waals surface area contributed by atoms with Gasteiger partial charge in [-0.15, -0.1) is 11.3 Å². The average molecular weight is 215 g/mol. The van der Waals surface area contributed by atoms with Gasteiger partial charge in [0.2, 0.25) is 0 Å². The highest BCUT2D eigenvalue weighted by molar-refractivity contribution is 7.15. The standard InChI is InChI=1S/C11H9N3S/c1-13-8-4-5-14-10(6-8)11-3-2-9(7-12)15-11/h2-6H,1H3,(H,13,14). The highest BCUT2D eigenvalue weighted by Gasteiger charge is 2.03. The minimum absolute atomic E-state index is 0.710. The molecule has 0 aromatic carbocycles. The van der Waals surface area contributed by atoms with Crippen LogP contribution < -0.4 is 5.32 Å². The zero-order valence-corrected chi connectivity index (χ0v) is 9.01. The van der Waals surface area contributed by atoms with Crippen molar-refractivity contribution in [3.63, 3.8) is 0 Å². The summed E-state index contributed by atoms with van der Waals surface area (Å²) in [7, 11) is 1.87. The van der Waals surface area contributed by atoms with Gasteiger partial charge in [0.05, 0.1) is 10.6 Å². The van der Waals surface area contributed by atoms with Crippen LogP contribution in [0.2, 0.25) is 0 Å². The summed E-state index contributed by atoms with van der Waals surface area (Å²) in [5, 5.41) is 11.8. The van der Waals surface area contributed by atoms with Crippen LogP contribution in [0.5, 0.6) is 0 Å². The van der Waals surface area contributed by atoms with Crippen LogP contribution in [0, 0.1) is 11.3 Å². The van der Waals surface area contributed by atoms with Gasteiger partial charge in [-0.1, -0.05) is 0 Å². The first-order chi connectivity index (χ1) is 7.33. The van der Waals surface area contributed by atoms with Crippen LogP contribution in [0.25, 0.3) is 10.6 Å². The number of nitriles is 1. The highest BCUT2D eigenvalue weighted by Crippen LogP contribution is 2.27. The number of hydrogen-bond donors (Lipinski definition) is 1. The molecule has 1 N–H and O–H groups in total. The molecule has 2 heterocycles. The zero-order valence-electron chi connectivity index (χ0n) is 8.19. The van der Waals surface area contributed by atoms with E-state index in [-0.39, 0.29) is 0 Å². The lowest BCUT2D eigenvalue weighted by atomic mass is 10.3. The lowest BCUT2D eigenvalue weighted by molar-refractivity contribution is 1.33. The SMILES string of the molecule is CNc1ccnc(-c2ccc(C#N)s2)c1. The van der Waals surface area contributed by atoms with Gasteiger partial charge >= 0.3 is 0 Å². The summed E-state index contributed by atoms with van der Waals surface area (Å²) < 4.78 is 0. The fraction of sp³-hybridized carbons (Fsp3) is 0.0909. The van der Waals surface area contributed by atoms with Gasteiger partial charge in [0, 0.05) is 18.9 Å². The largest absolute Gasteiger partial charge is 0.388 e. The van der Waals surface area contributed by atoms with Crippen LogP contribution in [0.1, 0.15) is 4.88 Å². The van der Waals surface area contributed by atoms with Crippen LogP contribution >= 0.6 is 11.3 Å². The van der Waals surface area contributed by atoms with Gasteiger partial charge in [-0.05, 0) is 24.3 Å². The van der Waals surface area contributed by atoms with Crippen LogP contribution in [0.4, 0.5) is 5.69 Å². The van der Waals surface area contributed by atoms with Gasteiger partial charge in [-0.2, -0.15) is 5.26 Å². The molecule has 0 unspecified atom stereocenters. The number of nitrogens with zero attached hydrogens (tertiary/aromatic N) is 2. The van der Waals surface area contributed by atoms with Crippen LogP contribution in [-0.2, 0) is 0 Å². The second kappa shape index (κ2) is 4.11. The van der Waals surface area contributed by atoms with E-state index in [9.17, 15) is 0 Å². The summed E-state index contributed by atoms with van der Waals surface area (Å²) in [5.41, 5.74) is 1.92. The number of aromatic nitrogens is 1. The third-order valence-electron chi connectivity index (χ3n) is 2.02. The summed E-state index contributed by atoms with van der Waals surface area (Å²) in [6.45, 7) is 0. The Morgan fingerprint density at radius 2 is 2.27 bits per heavy atom. The topological polar surface area (TPSA) is 48.7 Å². The van der Waals surface area contributed by atoms with E-state index >= 15 is 0 Å². The first kappa shape index (κ1) is 9.69. The van der Waals surface area contributed by atoms with Crippen molar-refractivity contribution in [3.05, 3.63) is 35.3 Å². The molecule has 74 valence electrons. The average Bonchev–Trinajstić information content (AvgIpc) is 2.78. The Morgan fingerprint density at radius 1 is 1.40 bits per heavy atom. The third-order valence-corrected chi connectivity index (χ3v) is 3.03. The summed E-state index contributed by atoms with van der Waals surface area (Å²) in [5.74, 6) is 0. The van der Waals surface area contributed by atoms with E-state index in [0.717, 1.165) is 16.3 Å². The molecule has 0 aliphatic heterocycles. The maximum absolute atomic E-state index is 8.73. The van der Waals surface area contributed by atoms with E-state index in [1.807, 2.05) is 31.3 Å². The molecule has 0 aliphatic carbocycles. The molecule has 0 saturated carbocycles. The second-order valence-electron chi connectivity index (χ2n) is 2.96. The third kappa shape index (κ3) is 1.97. The molecule has 2 aromatic heterocycles. The summed E-state index contributed by atoms with van der Waals surface area (Å²) in [4.78, 5) is 5.99. The molecule has 0 bridgehead atoms. The maximum Gasteiger partial charge on any atom is 0.110 e. The summed E-state index contributed by atoms with van der Waals surface area (Å²) in [6.07, 6.45) is 1.76. The Balaban J connectivity index is 2.41. The molecule has 3 nitrogen and oxygen atoms in total. The Morgan fingerprint density at radius 3 is 2.93 bits per heavy atom. The predicted molar refractivity (Wildman–Crippen MR) is 61.8 cm³/mol. The predicted octanol–water partition coefficient (Wildman–Crippen LogP) is 2.72. The lowest BCUT2D eigenvalue weighted by Gasteiger charge is -2.01. The van der Waals surface area contributed by atoms with Crippen molar-refractivity contribution in [3.8, 4) is 16.6 Å². The van der Waals surface area contributed by atoms with Crippen molar-refractivity contribution in [2.24, 2.45) is 0 Å². The van der Waals surface area contributed by atoms with Crippen LogP contribution in [-0.4, -0.2) is 12.0 Å². The molecule has 0 atom stereocenters. The normalized spacial score (nSPS) is 9.60. The van der Waals surface area contributed by atoms with E-state index in [1.54, 1.807) is 6.20 Å². The van der Waals surface area contributed by atoms with Gasteiger partial charge in [0.1, 0.15) is 10.9 Å². The molecule has 0 amide bonds. The van der Waals surface area contributed by atoms with Crippen molar-refractivity contribution >= 4 is 17.0 Å². The van der Waals surface area contributed by atoms with Crippen LogP contribution in [0.15, 0.2) is 30.5 Å². The molecular formula is C11H9N3S. The van der Waals surface area contributed by atoms with Gasteiger partial charge < -0.3 is 5.32 Å². The first-order valence-corrected chi connectivity index (χ1v) is 5.29. The van der Waals surface area contributed by atoms with E-state index in [2.05, 4.69) is 16.4 Å². The highest BCUT2D eigenvalue weighted by atomic mass is 32.1. The summed E-state index contributed by atoms with van der Waals surface area (Å²) >= 11 is 1.45. The van der Waals surface area contributed by atoms with Gasteiger partial charge in [0.15, 0.2) is 0 Å². The smallest absolute Gasteiger partial charge is 0.110 e. The molecule has 15 heavy (non-hydrogen) atoms. The fourth-order valence-corrected chi connectivity index (χ4v) is 2.03. The Kier molecular flexibility index (Phi) is 2.66. The Bertz CT molecular complexity index is 511. The Hall–Kier alpha value is -1.86. The molecule has 0 fully saturated rings. The van der Waals surface area contributed by atoms with Crippen molar-refractivity contribution in [2.45, 2.75) is 0 Å². The van der Waals surface area contributed by atoms with E-state index < -0.39 is 0 Å². The van der Waals surface area contributed by atoms with Gasteiger partial charge in [-0.25, -0.2) is 0 Å². The number of nitrogens with one attached hydrogen (secondary N) is 1. The minimum Gasteiger partial charge on any atom is -0.388 e. The van der Waals surface area contributed by atoms with E-state index in [0.29, 0.717) is 4.88 Å². The van der Waals surface area contributed by atoms with Crippen LogP contribution in [0.3, 0.4) is 0 Å². The summed E-state index contributed by atoms with van der Waals surface area (Å²) in [6, 6.07) is 9.73. The van der Waals surface area contributed by atoms with Gasteiger partial charge in [0.25, 0.3) is 0 Å². The molecule has 2 aromatic rings. The number of rotatable bonds is 2. The molecule has 0 radical (unpaired) electrons. The first-order valence-electron chi connectivity index (χ1n) is 4.47. The lowest BCUT2D eigenvalue weighted by Crippen LogP contribution is -1.88. The van der Waals surface area contributed by atoms with Crippen molar-refractivity contribution in [1.82, 2.24) is 4.98 Å². The molecule has 4 heteroatoms. The number of thiophene rings is 1. The van der Waals surface area contributed by atoms with E-state index in [4.69, 9.17) is 5.26 Å². The molecular weight excluding hydrogens is 206 g/mol. The van der Waals surface area contributed by atoms with Crippen molar-refractivity contribution in [1.29, 1.82) is 5.26 Å². The fourth-order valence-electron chi connectivity index (χ4n) is 1.26. The van der Waals surface area contributed by atoms with Gasteiger partial charge in [-0.3, -0.25) is 4.98 Å². The molecule has 0 aliphatic rings. The molecule has 0 spiro atoms. The quantitative estimate of drug-likeness (QED) is 0.838. The van der Waals surface area contributed by atoms with E-state index in [1.165, 1.54) is 11.3 Å². The Labute approximate surface area is 92.0 Å². The molecule has 2 rings (SSSR count). The number of hydrogen-bond acceptors (Lipinski definition) is 4.